The fraction of sp³-hybridized carbons (Fsp3) is 0.652. The average molecular weight is 406 g/mol. The number of ether oxygens (including phenoxy) is 1. The Morgan fingerprint density at radius 2 is 1.79 bits per heavy atom. The van der Waals surface area contributed by atoms with Gasteiger partial charge in [-0.25, -0.2) is 4.79 Å². The molecule has 0 aromatic heterocycles. The van der Waals surface area contributed by atoms with E-state index in [4.69, 9.17) is 9.84 Å². The third kappa shape index (κ3) is 8.15. The van der Waals surface area contributed by atoms with Crippen LogP contribution in [0.25, 0.3) is 0 Å². The summed E-state index contributed by atoms with van der Waals surface area (Å²) in [6, 6.07) is 9.84. The van der Waals surface area contributed by atoms with Gasteiger partial charge in [-0.05, 0) is 44.6 Å². The number of benzene rings is 1. The summed E-state index contributed by atoms with van der Waals surface area (Å²) in [5.74, 6) is 0.147. The Hall–Kier alpha value is -1.92. The van der Waals surface area contributed by atoms with Crippen molar-refractivity contribution in [1.29, 1.82) is 0 Å². The zero-order chi connectivity index (χ0) is 21.1. The van der Waals surface area contributed by atoms with E-state index in [1.165, 1.54) is 0 Å². The number of nitrogens with zero attached hydrogens (tertiary/aromatic N) is 1. The van der Waals surface area contributed by atoms with E-state index < -0.39 is 6.10 Å². The van der Waals surface area contributed by atoms with Crippen LogP contribution in [0.3, 0.4) is 0 Å². The Morgan fingerprint density at radius 3 is 2.45 bits per heavy atom. The summed E-state index contributed by atoms with van der Waals surface area (Å²) in [5, 5.41) is 18.3. The summed E-state index contributed by atoms with van der Waals surface area (Å²) in [6.07, 6.45) is 6.36. The molecule has 0 saturated carbocycles. The minimum absolute atomic E-state index is 0.0587. The number of hydrogen-bond donors (Lipinski definition) is 2. The number of carbonyl (C=O) groups excluding carboxylic acids is 2. The minimum Gasteiger partial charge on any atom is -0.445 e. The molecule has 0 bridgehead atoms. The molecule has 1 heterocycles. The molecule has 1 aromatic rings. The first-order chi connectivity index (χ1) is 14.0. The van der Waals surface area contributed by atoms with Crippen molar-refractivity contribution in [2.24, 2.45) is 0 Å². The van der Waals surface area contributed by atoms with Crippen LogP contribution in [0.4, 0.5) is 4.79 Å². The van der Waals surface area contributed by atoms with Crippen molar-refractivity contribution in [2.75, 3.05) is 6.61 Å². The van der Waals surface area contributed by atoms with E-state index in [2.05, 4.69) is 0 Å². The maximum Gasteiger partial charge on any atom is 0.410 e. The van der Waals surface area contributed by atoms with Crippen LogP contribution in [0.2, 0.25) is 0 Å². The van der Waals surface area contributed by atoms with E-state index in [1.807, 2.05) is 35.2 Å². The van der Waals surface area contributed by atoms with Crippen LogP contribution in [0, 0.1) is 0 Å². The van der Waals surface area contributed by atoms with Gasteiger partial charge in [-0.1, -0.05) is 49.6 Å². The first-order valence-electron chi connectivity index (χ1n) is 10.8. The topological polar surface area (TPSA) is 87.1 Å². The minimum atomic E-state index is -0.637. The van der Waals surface area contributed by atoms with Gasteiger partial charge in [0.15, 0.2) is 0 Å². The smallest absolute Gasteiger partial charge is 0.410 e. The number of likely N-dealkylation sites (tertiary alicyclic amines) is 1. The van der Waals surface area contributed by atoms with Gasteiger partial charge in [0, 0.05) is 18.5 Å². The fourth-order valence-electron chi connectivity index (χ4n) is 4.02. The van der Waals surface area contributed by atoms with Crippen LogP contribution in [-0.4, -0.2) is 51.8 Å². The van der Waals surface area contributed by atoms with Crippen molar-refractivity contribution in [1.82, 2.24) is 4.90 Å². The molecule has 1 aliphatic rings. The molecule has 1 saturated heterocycles. The average Bonchev–Trinajstić information content (AvgIpc) is 3.13. The first-order valence-corrected chi connectivity index (χ1v) is 10.8. The molecule has 1 aromatic carbocycles. The van der Waals surface area contributed by atoms with Crippen molar-refractivity contribution >= 4 is 11.9 Å². The predicted octanol–water partition coefficient (Wildman–Crippen LogP) is 3.83. The Morgan fingerprint density at radius 1 is 1.10 bits per heavy atom. The summed E-state index contributed by atoms with van der Waals surface area (Å²) < 4.78 is 5.59. The predicted molar refractivity (Wildman–Crippen MR) is 111 cm³/mol. The molecule has 0 aliphatic carbocycles. The van der Waals surface area contributed by atoms with E-state index >= 15 is 0 Å². The molecule has 6 nitrogen and oxygen atoms in total. The maximum atomic E-state index is 12.9. The SMILES string of the molecule is CC(=O)CC[C@H]1CC[C@H](CCCCC[C@@H](O)CO)N1C(=O)OCc1ccccc1. The molecule has 1 aliphatic heterocycles. The number of carbonyl (C=O) groups is 2. The second-order valence-corrected chi connectivity index (χ2v) is 8.05. The van der Waals surface area contributed by atoms with Gasteiger partial charge in [0.2, 0.25) is 0 Å². The Labute approximate surface area is 173 Å². The quantitative estimate of drug-likeness (QED) is 0.516. The van der Waals surface area contributed by atoms with E-state index in [1.54, 1.807) is 6.92 Å². The van der Waals surface area contributed by atoms with E-state index in [-0.39, 0.29) is 37.2 Å². The van der Waals surface area contributed by atoms with Gasteiger partial charge in [0.05, 0.1) is 12.7 Å². The first kappa shape index (κ1) is 23.4. The lowest BCUT2D eigenvalue weighted by molar-refractivity contribution is -0.117. The third-order valence-electron chi connectivity index (χ3n) is 5.65. The highest BCUT2D eigenvalue weighted by atomic mass is 16.6. The van der Waals surface area contributed by atoms with Crippen LogP contribution >= 0.6 is 0 Å². The van der Waals surface area contributed by atoms with Crippen molar-refractivity contribution in [3.05, 3.63) is 35.9 Å². The van der Waals surface area contributed by atoms with E-state index in [9.17, 15) is 14.7 Å². The highest BCUT2D eigenvalue weighted by molar-refractivity contribution is 5.75. The zero-order valence-electron chi connectivity index (χ0n) is 17.5. The van der Waals surface area contributed by atoms with Crippen LogP contribution in [0.1, 0.15) is 70.3 Å². The number of ketones is 1. The third-order valence-corrected chi connectivity index (χ3v) is 5.65. The lowest BCUT2D eigenvalue weighted by atomic mass is 10.0. The van der Waals surface area contributed by atoms with Gasteiger partial charge in [0.25, 0.3) is 0 Å². The Kier molecular flexibility index (Phi) is 10.2. The Balaban J connectivity index is 1.88. The lowest BCUT2D eigenvalue weighted by Gasteiger charge is -2.29. The molecule has 0 spiro atoms. The van der Waals surface area contributed by atoms with Crippen molar-refractivity contribution in [3.63, 3.8) is 0 Å². The number of unbranched alkanes of at least 4 members (excludes halogenated alkanes) is 2. The van der Waals surface area contributed by atoms with E-state index in [0.29, 0.717) is 19.3 Å². The van der Waals surface area contributed by atoms with Gasteiger partial charge in [-0.2, -0.15) is 0 Å². The highest BCUT2D eigenvalue weighted by Crippen LogP contribution is 2.31. The molecule has 0 radical (unpaired) electrons. The van der Waals surface area contributed by atoms with Crippen LogP contribution in [-0.2, 0) is 16.1 Å². The van der Waals surface area contributed by atoms with Crippen molar-refractivity contribution in [3.8, 4) is 0 Å². The summed E-state index contributed by atoms with van der Waals surface area (Å²) in [7, 11) is 0. The lowest BCUT2D eigenvalue weighted by Crippen LogP contribution is -2.41. The highest BCUT2D eigenvalue weighted by Gasteiger charge is 2.37. The number of aliphatic hydroxyl groups is 2. The second kappa shape index (κ2) is 12.6. The molecule has 1 amide bonds. The largest absolute Gasteiger partial charge is 0.445 e. The fourth-order valence-corrected chi connectivity index (χ4v) is 4.02. The molecule has 6 heteroatoms. The number of hydrogen-bond acceptors (Lipinski definition) is 5. The van der Waals surface area contributed by atoms with E-state index in [0.717, 1.165) is 44.1 Å². The molecule has 0 unspecified atom stereocenters. The summed E-state index contributed by atoms with van der Waals surface area (Å²) in [4.78, 5) is 26.1. The zero-order valence-corrected chi connectivity index (χ0v) is 17.5. The molecule has 3 atom stereocenters. The maximum absolute atomic E-state index is 12.9. The van der Waals surface area contributed by atoms with Crippen molar-refractivity contribution in [2.45, 2.75) is 89.5 Å². The number of amides is 1. The summed E-state index contributed by atoms with van der Waals surface area (Å²) in [5.41, 5.74) is 0.958. The summed E-state index contributed by atoms with van der Waals surface area (Å²) in [6.45, 7) is 1.65. The summed E-state index contributed by atoms with van der Waals surface area (Å²) >= 11 is 0. The molecule has 1 fully saturated rings. The molecular weight excluding hydrogens is 370 g/mol. The van der Waals surface area contributed by atoms with Gasteiger partial charge in [0.1, 0.15) is 12.4 Å². The molecule has 162 valence electrons. The Bertz CT molecular complexity index is 621. The monoisotopic (exact) mass is 405 g/mol. The molecule has 29 heavy (non-hydrogen) atoms. The van der Waals surface area contributed by atoms with Crippen LogP contribution in [0.15, 0.2) is 30.3 Å². The van der Waals surface area contributed by atoms with Gasteiger partial charge < -0.3 is 24.6 Å². The van der Waals surface area contributed by atoms with Crippen LogP contribution in [0.5, 0.6) is 0 Å². The van der Waals surface area contributed by atoms with Gasteiger partial charge in [-0.3, -0.25) is 0 Å². The number of Topliss-reactive ketones (excluding diaryl/α,β-unsaturated/α-hetero) is 1. The normalized spacial score (nSPS) is 19.9. The van der Waals surface area contributed by atoms with Crippen LogP contribution < -0.4 is 0 Å². The number of aliphatic hydroxyl groups excluding tert-OH is 2. The molecular formula is C23H35NO5. The van der Waals surface area contributed by atoms with Gasteiger partial charge >= 0.3 is 6.09 Å². The molecule has 2 N–H and O–H groups in total. The van der Waals surface area contributed by atoms with Gasteiger partial charge in [-0.15, -0.1) is 0 Å². The standard InChI is InChI=1S/C23H35NO5/c1-18(26)12-13-21-15-14-20(10-6-3-7-11-22(27)16-25)24(21)23(28)29-17-19-8-4-2-5-9-19/h2,4-5,8-9,20-22,25,27H,3,6-7,10-17H2,1H3/t20-,21-,22+/m0/s1. The number of rotatable bonds is 12. The molecule has 2 rings (SSSR count). The second-order valence-electron chi connectivity index (χ2n) is 8.05. The van der Waals surface area contributed by atoms with Crippen molar-refractivity contribution < 1.29 is 24.5 Å².